The molecule has 0 spiro atoms. The van der Waals surface area contributed by atoms with Crippen molar-refractivity contribution in [1.82, 2.24) is 4.90 Å². The van der Waals surface area contributed by atoms with Crippen molar-refractivity contribution >= 4 is 17.6 Å². The van der Waals surface area contributed by atoms with Gasteiger partial charge in [-0.1, -0.05) is 30.3 Å². The third-order valence-corrected chi connectivity index (χ3v) is 3.27. The van der Waals surface area contributed by atoms with E-state index >= 15 is 0 Å². The van der Waals surface area contributed by atoms with Gasteiger partial charge >= 0.3 is 6.03 Å². The van der Waals surface area contributed by atoms with Crippen molar-refractivity contribution in [2.75, 3.05) is 0 Å². The third-order valence-electron chi connectivity index (χ3n) is 3.27. The Morgan fingerprint density at radius 2 is 1.86 bits per heavy atom. The van der Waals surface area contributed by atoms with Gasteiger partial charge in [0.05, 0.1) is 13.0 Å². The monoisotopic (exact) mass is 282 g/mol. The van der Waals surface area contributed by atoms with Gasteiger partial charge in [0.15, 0.2) is 0 Å². The Bertz CT molecular complexity index is 716. The molecule has 3 rings (SSSR count). The molecule has 5 nitrogen and oxygen atoms in total. The van der Waals surface area contributed by atoms with Crippen molar-refractivity contribution in [3.05, 3.63) is 59.5 Å². The molecule has 0 bridgehead atoms. The summed E-state index contributed by atoms with van der Waals surface area (Å²) in [7, 11) is 0. The molecular formula is C16H14N2O3. The zero-order valence-electron chi connectivity index (χ0n) is 11.6. The minimum atomic E-state index is -0.512. The number of imide groups is 1. The summed E-state index contributed by atoms with van der Waals surface area (Å²) in [6.45, 7) is 2.07. The quantitative estimate of drug-likeness (QED) is 0.866. The van der Waals surface area contributed by atoms with Crippen LogP contribution in [0.4, 0.5) is 4.79 Å². The second-order valence-corrected chi connectivity index (χ2v) is 4.91. The number of hydrogen-bond donors (Lipinski definition) is 0. The maximum atomic E-state index is 12.3. The summed E-state index contributed by atoms with van der Waals surface area (Å²) in [4.78, 5) is 29.1. The number of amides is 3. The fourth-order valence-electron chi connectivity index (χ4n) is 2.23. The van der Waals surface area contributed by atoms with Crippen molar-refractivity contribution in [3.63, 3.8) is 0 Å². The van der Waals surface area contributed by atoms with E-state index in [2.05, 4.69) is 4.99 Å². The molecule has 21 heavy (non-hydrogen) atoms. The predicted molar refractivity (Wildman–Crippen MR) is 77.0 cm³/mol. The highest BCUT2D eigenvalue weighted by Crippen LogP contribution is 2.16. The Balaban J connectivity index is 1.73. The van der Waals surface area contributed by atoms with E-state index in [4.69, 9.17) is 4.42 Å². The summed E-state index contributed by atoms with van der Waals surface area (Å²) in [6.07, 6.45) is 0.240. The number of carbonyl (C=O) groups is 2. The number of aliphatic imine (C=N–C) groups is 1. The number of benzene rings is 1. The van der Waals surface area contributed by atoms with Crippen LogP contribution in [0, 0.1) is 6.92 Å². The predicted octanol–water partition coefficient (Wildman–Crippen LogP) is 2.73. The van der Waals surface area contributed by atoms with Crippen molar-refractivity contribution in [2.24, 2.45) is 4.99 Å². The molecule has 1 aromatic heterocycles. The van der Waals surface area contributed by atoms with Crippen molar-refractivity contribution < 1.29 is 14.0 Å². The number of hydrogen-bond acceptors (Lipinski definition) is 3. The van der Waals surface area contributed by atoms with Gasteiger partial charge in [-0.25, -0.2) is 4.79 Å². The van der Waals surface area contributed by atoms with E-state index in [1.54, 1.807) is 6.07 Å². The van der Waals surface area contributed by atoms with Gasteiger partial charge in [0.25, 0.3) is 5.91 Å². The topological polar surface area (TPSA) is 62.9 Å². The van der Waals surface area contributed by atoms with Crippen molar-refractivity contribution in [1.29, 1.82) is 0 Å². The van der Waals surface area contributed by atoms with Crippen LogP contribution in [0.25, 0.3) is 0 Å². The van der Waals surface area contributed by atoms with Gasteiger partial charge in [-0.3, -0.25) is 9.69 Å². The first-order valence-electron chi connectivity index (χ1n) is 6.66. The number of carbonyl (C=O) groups excluding carboxylic acids is 2. The van der Waals surface area contributed by atoms with Crippen LogP contribution in [0.2, 0.25) is 0 Å². The van der Waals surface area contributed by atoms with E-state index in [0.717, 1.165) is 16.2 Å². The molecule has 106 valence electrons. The number of urea groups is 1. The van der Waals surface area contributed by atoms with E-state index in [9.17, 15) is 9.59 Å². The smallest absolute Gasteiger partial charge is 0.351 e. The van der Waals surface area contributed by atoms with E-state index in [-0.39, 0.29) is 24.6 Å². The van der Waals surface area contributed by atoms with E-state index in [0.29, 0.717) is 5.76 Å². The second kappa shape index (κ2) is 5.36. The molecule has 1 aliphatic rings. The highest BCUT2D eigenvalue weighted by molar-refractivity contribution is 6.46. The fourth-order valence-corrected chi connectivity index (χ4v) is 2.23. The van der Waals surface area contributed by atoms with Crippen LogP contribution < -0.4 is 0 Å². The SMILES string of the molecule is Cc1ccc(CC2=NC(=O)N(Cc3ccccc3)C2=O)o1. The summed E-state index contributed by atoms with van der Waals surface area (Å²) < 4.78 is 5.42. The molecular weight excluding hydrogens is 268 g/mol. The zero-order chi connectivity index (χ0) is 14.8. The molecule has 2 heterocycles. The lowest BCUT2D eigenvalue weighted by Gasteiger charge is -2.12. The first kappa shape index (κ1) is 13.3. The number of aryl methyl sites for hydroxylation is 1. The Labute approximate surface area is 121 Å². The van der Waals surface area contributed by atoms with Crippen LogP contribution in [0.1, 0.15) is 17.1 Å². The Morgan fingerprint density at radius 3 is 2.52 bits per heavy atom. The highest BCUT2D eigenvalue weighted by atomic mass is 16.3. The van der Waals surface area contributed by atoms with Gasteiger partial charge in [0.2, 0.25) is 0 Å². The second-order valence-electron chi connectivity index (χ2n) is 4.91. The van der Waals surface area contributed by atoms with E-state index in [1.807, 2.05) is 43.3 Å². The number of rotatable bonds is 4. The van der Waals surface area contributed by atoms with Gasteiger partial charge < -0.3 is 4.42 Å². The van der Waals surface area contributed by atoms with E-state index < -0.39 is 6.03 Å². The molecule has 1 aromatic carbocycles. The number of nitrogens with zero attached hydrogens (tertiary/aromatic N) is 2. The summed E-state index contributed by atoms with van der Waals surface area (Å²) >= 11 is 0. The lowest BCUT2D eigenvalue weighted by Crippen LogP contribution is -2.32. The summed E-state index contributed by atoms with van der Waals surface area (Å²) in [5, 5.41) is 0. The lowest BCUT2D eigenvalue weighted by atomic mass is 10.2. The molecule has 0 N–H and O–H groups in total. The molecule has 3 amide bonds. The lowest BCUT2D eigenvalue weighted by molar-refractivity contribution is -0.121. The van der Waals surface area contributed by atoms with Crippen molar-refractivity contribution in [3.8, 4) is 0 Å². The largest absolute Gasteiger partial charge is 0.466 e. The van der Waals surface area contributed by atoms with Gasteiger partial charge in [0, 0.05) is 0 Å². The van der Waals surface area contributed by atoms with Crippen LogP contribution in [0.15, 0.2) is 51.9 Å². The number of furan rings is 1. The van der Waals surface area contributed by atoms with Gasteiger partial charge in [-0.05, 0) is 24.6 Å². The molecule has 1 aliphatic heterocycles. The maximum Gasteiger partial charge on any atom is 0.351 e. The Hall–Kier alpha value is -2.69. The summed E-state index contributed by atoms with van der Waals surface area (Å²) in [5.74, 6) is 1.05. The minimum absolute atomic E-state index is 0.227. The first-order chi connectivity index (χ1) is 10.1. The normalized spacial score (nSPS) is 14.7. The molecule has 5 heteroatoms. The average Bonchev–Trinajstić information content (AvgIpc) is 2.99. The molecule has 0 saturated carbocycles. The standard InChI is InChI=1S/C16H14N2O3/c1-11-7-8-13(21-11)9-14-15(19)18(16(20)17-14)10-12-5-3-2-4-6-12/h2-8H,9-10H2,1H3. The fraction of sp³-hybridized carbons (Fsp3) is 0.188. The summed E-state index contributed by atoms with van der Waals surface area (Å²) in [6, 6.07) is 12.5. The summed E-state index contributed by atoms with van der Waals surface area (Å²) in [5.41, 5.74) is 1.12. The first-order valence-corrected chi connectivity index (χ1v) is 6.66. The highest BCUT2D eigenvalue weighted by Gasteiger charge is 2.33. The third kappa shape index (κ3) is 2.76. The van der Waals surface area contributed by atoms with Crippen LogP contribution in [-0.2, 0) is 17.8 Å². The van der Waals surface area contributed by atoms with Crippen LogP contribution in [-0.4, -0.2) is 22.5 Å². The molecule has 0 fully saturated rings. The van der Waals surface area contributed by atoms with Gasteiger partial charge in [0.1, 0.15) is 17.2 Å². The Kier molecular flexibility index (Phi) is 3.39. The maximum absolute atomic E-state index is 12.3. The molecule has 0 unspecified atom stereocenters. The van der Waals surface area contributed by atoms with E-state index in [1.165, 1.54) is 0 Å². The molecule has 0 aliphatic carbocycles. The molecule has 0 saturated heterocycles. The van der Waals surface area contributed by atoms with Crippen LogP contribution in [0.5, 0.6) is 0 Å². The Morgan fingerprint density at radius 1 is 1.10 bits per heavy atom. The van der Waals surface area contributed by atoms with Crippen LogP contribution >= 0.6 is 0 Å². The van der Waals surface area contributed by atoms with Gasteiger partial charge in [-0.2, -0.15) is 4.99 Å². The van der Waals surface area contributed by atoms with Crippen molar-refractivity contribution in [2.45, 2.75) is 19.9 Å². The molecule has 2 aromatic rings. The zero-order valence-corrected chi connectivity index (χ0v) is 11.6. The van der Waals surface area contributed by atoms with Gasteiger partial charge in [-0.15, -0.1) is 0 Å². The molecule has 0 radical (unpaired) electrons. The molecule has 0 atom stereocenters. The minimum Gasteiger partial charge on any atom is -0.466 e. The average molecular weight is 282 g/mol. The van der Waals surface area contributed by atoms with Crippen LogP contribution in [0.3, 0.4) is 0 Å².